The van der Waals surface area contributed by atoms with Crippen LogP contribution in [0.1, 0.15) is 56.0 Å². The Labute approximate surface area is 152 Å². The summed E-state index contributed by atoms with van der Waals surface area (Å²) < 4.78 is 0. The molecule has 0 aliphatic heterocycles. The van der Waals surface area contributed by atoms with Crippen LogP contribution in [-0.2, 0) is 0 Å². The molecule has 0 heteroatoms. The number of hydrogen-bond acceptors (Lipinski definition) is 0. The summed E-state index contributed by atoms with van der Waals surface area (Å²) in [4.78, 5) is 0. The van der Waals surface area contributed by atoms with Crippen molar-refractivity contribution in [3.05, 3.63) is 105 Å². The topological polar surface area (TPSA) is 0 Å². The third-order valence-electron chi connectivity index (χ3n) is 5.49. The van der Waals surface area contributed by atoms with E-state index < -0.39 is 0 Å². The fourth-order valence-electron chi connectivity index (χ4n) is 4.28. The molecule has 0 unspecified atom stereocenters. The Morgan fingerprint density at radius 3 is 0.800 bits per heavy atom. The van der Waals surface area contributed by atoms with Gasteiger partial charge in [0, 0.05) is 5.92 Å². The van der Waals surface area contributed by atoms with E-state index in [0.29, 0.717) is 0 Å². The van der Waals surface area contributed by atoms with Gasteiger partial charge in [-0.3, -0.25) is 0 Å². The summed E-state index contributed by atoms with van der Waals surface area (Å²) in [6.07, 6.45) is 0. The molecule has 0 heterocycles. The van der Waals surface area contributed by atoms with Crippen molar-refractivity contribution in [1.29, 1.82) is 0 Å². The van der Waals surface area contributed by atoms with E-state index in [4.69, 9.17) is 0 Å². The highest BCUT2D eigenvalue weighted by Crippen LogP contribution is 2.41. The lowest BCUT2D eigenvalue weighted by Gasteiger charge is -2.28. The standard InChI is InChI=1S/C25H28/c1-16-10-7-11-17(2)22(16)25(23-18(3)12-8-13-19(23)4)24-20(5)14-9-15-21(24)6/h7-15,25H,1-6H3. The zero-order valence-corrected chi connectivity index (χ0v) is 16.3. The fourth-order valence-corrected chi connectivity index (χ4v) is 4.28. The molecule has 0 atom stereocenters. The van der Waals surface area contributed by atoms with Crippen LogP contribution in [0.15, 0.2) is 54.6 Å². The third kappa shape index (κ3) is 3.14. The molecule has 3 aromatic rings. The largest absolute Gasteiger partial charge is 0.0617 e. The van der Waals surface area contributed by atoms with Gasteiger partial charge in [0.05, 0.1) is 0 Å². The van der Waals surface area contributed by atoms with Gasteiger partial charge in [-0.05, 0) is 91.6 Å². The molecule has 0 saturated carbocycles. The van der Waals surface area contributed by atoms with E-state index >= 15 is 0 Å². The van der Waals surface area contributed by atoms with E-state index in [0.717, 1.165) is 0 Å². The first-order valence-electron chi connectivity index (χ1n) is 9.10. The van der Waals surface area contributed by atoms with Crippen LogP contribution in [0.3, 0.4) is 0 Å². The Morgan fingerprint density at radius 2 is 0.600 bits per heavy atom. The molecule has 128 valence electrons. The highest BCUT2D eigenvalue weighted by Gasteiger charge is 2.25. The molecule has 3 rings (SSSR count). The molecule has 0 aromatic heterocycles. The van der Waals surface area contributed by atoms with Gasteiger partial charge in [0.1, 0.15) is 0 Å². The average Bonchev–Trinajstić information content (AvgIpc) is 2.53. The Balaban J connectivity index is 2.42. The monoisotopic (exact) mass is 328 g/mol. The van der Waals surface area contributed by atoms with Gasteiger partial charge in [0.2, 0.25) is 0 Å². The van der Waals surface area contributed by atoms with E-state index in [-0.39, 0.29) is 5.92 Å². The van der Waals surface area contributed by atoms with Crippen LogP contribution in [0, 0.1) is 41.5 Å². The normalized spacial score (nSPS) is 11.2. The van der Waals surface area contributed by atoms with E-state index in [1.807, 2.05) is 0 Å². The quantitative estimate of drug-likeness (QED) is 0.468. The highest BCUT2D eigenvalue weighted by atomic mass is 14.3. The summed E-state index contributed by atoms with van der Waals surface area (Å²) in [5.41, 5.74) is 12.6. The second-order valence-corrected chi connectivity index (χ2v) is 7.35. The third-order valence-corrected chi connectivity index (χ3v) is 5.49. The molecule has 0 N–H and O–H groups in total. The molecule has 0 bridgehead atoms. The first kappa shape index (κ1) is 17.5. The van der Waals surface area contributed by atoms with Gasteiger partial charge >= 0.3 is 0 Å². The van der Waals surface area contributed by atoms with Crippen molar-refractivity contribution in [1.82, 2.24) is 0 Å². The molecule has 0 radical (unpaired) electrons. The van der Waals surface area contributed by atoms with Gasteiger partial charge in [0.15, 0.2) is 0 Å². The minimum atomic E-state index is 0.281. The smallest absolute Gasteiger partial charge is 0.0355 e. The number of hydrogen-bond donors (Lipinski definition) is 0. The van der Waals surface area contributed by atoms with Crippen LogP contribution in [0.25, 0.3) is 0 Å². The van der Waals surface area contributed by atoms with E-state index in [2.05, 4.69) is 96.1 Å². The lowest BCUT2D eigenvalue weighted by molar-refractivity contribution is 0.902. The minimum absolute atomic E-state index is 0.281. The highest BCUT2D eigenvalue weighted by molar-refractivity contribution is 5.56. The van der Waals surface area contributed by atoms with Gasteiger partial charge in [-0.15, -0.1) is 0 Å². The second-order valence-electron chi connectivity index (χ2n) is 7.35. The van der Waals surface area contributed by atoms with Crippen LogP contribution < -0.4 is 0 Å². The lowest BCUT2D eigenvalue weighted by Crippen LogP contribution is -2.13. The first-order chi connectivity index (χ1) is 11.9. The van der Waals surface area contributed by atoms with Crippen molar-refractivity contribution in [2.24, 2.45) is 0 Å². The van der Waals surface area contributed by atoms with Crippen molar-refractivity contribution in [2.75, 3.05) is 0 Å². The molecular formula is C25H28. The Morgan fingerprint density at radius 1 is 0.400 bits per heavy atom. The summed E-state index contributed by atoms with van der Waals surface area (Å²) in [5, 5.41) is 0. The summed E-state index contributed by atoms with van der Waals surface area (Å²) in [6, 6.07) is 20.0. The second kappa shape index (κ2) is 6.88. The first-order valence-corrected chi connectivity index (χ1v) is 9.10. The van der Waals surface area contributed by atoms with E-state index in [9.17, 15) is 0 Å². The molecule has 0 aliphatic rings. The molecule has 0 amide bonds. The molecule has 0 spiro atoms. The van der Waals surface area contributed by atoms with Crippen molar-refractivity contribution in [2.45, 2.75) is 47.5 Å². The summed E-state index contributed by atoms with van der Waals surface area (Å²) in [5.74, 6) is 0.281. The Bertz CT molecular complexity index is 732. The van der Waals surface area contributed by atoms with Gasteiger partial charge in [-0.2, -0.15) is 0 Å². The molecule has 0 aliphatic carbocycles. The predicted octanol–water partition coefficient (Wildman–Crippen LogP) is 6.72. The van der Waals surface area contributed by atoms with Crippen LogP contribution >= 0.6 is 0 Å². The molecule has 0 fully saturated rings. The van der Waals surface area contributed by atoms with Crippen LogP contribution in [0.5, 0.6) is 0 Å². The van der Waals surface area contributed by atoms with Crippen molar-refractivity contribution in [3.63, 3.8) is 0 Å². The van der Waals surface area contributed by atoms with Crippen LogP contribution in [0.4, 0.5) is 0 Å². The summed E-state index contributed by atoms with van der Waals surface area (Å²) in [6.45, 7) is 13.5. The predicted molar refractivity (Wildman–Crippen MR) is 109 cm³/mol. The van der Waals surface area contributed by atoms with Gasteiger partial charge in [-0.25, -0.2) is 0 Å². The number of rotatable bonds is 3. The summed E-state index contributed by atoms with van der Waals surface area (Å²) in [7, 11) is 0. The van der Waals surface area contributed by atoms with E-state index in [1.165, 1.54) is 50.1 Å². The van der Waals surface area contributed by atoms with Gasteiger partial charge < -0.3 is 0 Å². The lowest BCUT2D eigenvalue weighted by atomic mass is 9.75. The minimum Gasteiger partial charge on any atom is -0.0617 e. The number of benzene rings is 3. The molecular weight excluding hydrogens is 300 g/mol. The zero-order valence-electron chi connectivity index (χ0n) is 16.3. The summed E-state index contributed by atoms with van der Waals surface area (Å²) >= 11 is 0. The van der Waals surface area contributed by atoms with Crippen molar-refractivity contribution < 1.29 is 0 Å². The van der Waals surface area contributed by atoms with E-state index in [1.54, 1.807) is 0 Å². The number of aryl methyl sites for hydroxylation is 6. The Hall–Kier alpha value is -2.34. The van der Waals surface area contributed by atoms with Gasteiger partial charge in [0.25, 0.3) is 0 Å². The average molecular weight is 328 g/mol. The van der Waals surface area contributed by atoms with Crippen LogP contribution in [0.2, 0.25) is 0 Å². The molecule has 25 heavy (non-hydrogen) atoms. The SMILES string of the molecule is Cc1cccc(C)c1C(c1c(C)cccc1C)c1c(C)cccc1C. The maximum absolute atomic E-state index is 2.25. The fraction of sp³-hybridized carbons (Fsp3) is 0.280. The molecule has 0 nitrogen and oxygen atoms in total. The molecule has 0 saturated heterocycles. The van der Waals surface area contributed by atoms with Crippen molar-refractivity contribution in [3.8, 4) is 0 Å². The zero-order chi connectivity index (χ0) is 18.1. The Kier molecular flexibility index (Phi) is 4.81. The van der Waals surface area contributed by atoms with Crippen molar-refractivity contribution >= 4 is 0 Å². The van der Waals surface area contributed by atoms with Gasteiger partial charge in [-0.1, -0.05) is 54.6 Å². The maximum Gasteiger partial charge on any atom is 0.0355 e. The van der Waals surface area contributed by atoms with Crippen LogP contribution in [-0.4, -0.2) is 0 Å². The maximum atomic E-state index is 2.25. The molecule has 3 aromatic carbocycles.